The molecule has 0 aromatic rings. The lowest BCUT2D eigenvalue weighted by Crippen LogP contribution is -2.48. The summed E-state index contributed by atoms with van der Waals surface area (Å²) in [5, 5.41) is 19.1. The zero-order chi connectivity index (χ0) is 13.5. The first kappa shape index (κ1) is 15.3. The van der Waals surface area contributed by atoms with Gasteiger partial charge in [-0.2, -0.15) is 0 Å². The lowest BCUT2D eigenvalue weighted by Gasteiger charge is -2.43. The van der Waals surface area contributed by atoms with Gasteiger partial charge in [0.25, 0.3) is 0 Å². The Kier molecular flexibility index (Phi) is 6.62. The van der Waals surface area contributed by atoms with Gasteiger partial charge in [-0.05, 0) is 58.0 Å². The van der Waals surface area contributed by atoms with E-state index in [0.29, 0.717) is 18.6 Å². The van der Waals surface area contributed by atoms with E-state index < -0.39 is 0 Å². The van der Waals surface area contributed by atoms with Crippen LogP contribution in [0.4, 0.5) is 0 Å². The van der Waals surface area contributed by atoms with Crippen molar-refractivity contribution in [2.24, 2.45) is 5.92 Å². The zero-order valence-electron chi connectivity index (χ0n) is 12.3. The molecule has 2 aliphatic rings. The van der Waals surface area contributed by atoms with Crippen LogP contribution in [0.3, 0.4) is 0 Å². The second-order valence-corrected chi connectivity index (χ2v) is 6.40. The summed E-state index contributed by atoms with van der Waals surface area (Å²) >= 11 is 0. The lowest BCUT2D eigenvalue weighted by molar-refractivity contribution is -0.00607. The molecule has 0 aromatic carbocycles. The Hall–Kier alpha value is -0.120. The minimum absolute atomic E-state index is 0.0585. The molecule has 1 saturated carbocycles. The third kappa shape index (κ3) is 4.44. The molecule has 3 nitrogen and oxygen atoms in total. The van der Waals surface area contributed by atoms with Crippen molar-refractivity contribution in [3.63, 3.8) is 0 Å². The molecule has 0 amide bonds. The van der Waals surface area contributed by atoms with Crippen LogP contribution in [0, 0.1) is 5.92 Å². The van der Waals surface area contributed by atoms with E-state index in [-0.39, 0.29) is 6.10 Å². The van der Waals surface area contributed by atoms with Crippen LogP contribution < -0.4 is 0 Å². The van der Waals surface area contributed by atoms with Crippen LogP contribution in [-0.2, 0) is 0 Å². The van der Waals surface area contributed by atoms with Crippen LogP contribution >= 0.6 is 0 Å². The number of piperidine rings is 1. The minimum atomic E-state index is -0.0585. The van der Waals surface area contributed by atoms with Gasteiger partial charge in [0.05, 0.1) is 6.10 Å². The van der Waals surface area contributed by atoms with E-state index in [1.54, 1.807) is 0 Å². The first-order valence-electron chi connectivity index (χ1n) is 8.36. The maximum absolute atomic E-state index is 10.3. The monoisotopic (exact) mass is 269 g/mol. The fraction of sp³-hybridized carbons (Fsp3) is 1.00. The summed E-state index contributed by atoms with van der Waals surface area (Å²) in [4.78, 5) is 2.64. The molecule has 3 atom stereocenters. The number of hydrogen-bond donors (Lipinski definition) is 2. The number of aliphatic hydroxyl groups is 2. The van der Waals surface area contributed by atoms with Gasteiger partial charge in [-0.1, -0.05) is 19.3 Å². The molecule has 2 N–H and O–H groups in total. The van der Waals surface area contributed by atoms with Crippen molar-refractivity contribution >= 4 is 0 Å². The molecule has 0 aromatic heterocycles. The summed E-state index contributed by atoms with van der Waals surface area (Å²) in [6.07, 6.45) is 11.9. The highest BCUT2D eigenvalue weighted by atomic mass is 16.3. The molecule has 2 rings (SSSR count). The van der Waals surface area contributed by atoms with Crippen molar-refractivity contribution in [1.82, 2.24) is 4.90 Å². The molecule has 112 valence electrons. The average Bonchev–Trinajstić information content (AvgIpc) is 2.45. The van der Waals surface area contributed by atoms with Crippen molar-refractivity contribution in [2.75, 3.05) is 19.7 Å². The topological polar surface area (TPSA) is 43.7 Å². The third-order valence-electron chi connectivity index (χ3n) is 5.04. The van der Waals surface area contributed by atoms with E-state index in [1.165, 1.54) is 51.5 Å². The van der Waals surface area contributed by atoms with Crippen LogP contribution in [0.5, 0.6) is 0 Å². The summed E-state index contributed by atoms with van der Waals surface area (Å²) in [5.74, 6) is 0.520. The minimum Gasteiger partial charge on any atom is -0.396 e. The smallest absolute Gasteiger partial charge is 0.0583 e. The van der Waals surface area contributed by atoms with E-state index >= 15 is 0 Å². The summed E-state index contributed by atoms with van der Waals surface area (Å²) in [6.45, 7) is 2.70. The summed E-state index contributed by atoms with van der Waals surface area (Å²) < 4.78 is 0. The van der Waals surface area contributed by atoms with Crippen molar-refractivity contribution < 1.29 is 10.2 Å². The summed E-state index contributed by atoms with van der Waals surface area (Å²) in [7, 11) is 0. The molecule has 19 heavy (non-hydrogen) atoms. The SMILES string of the molecule is OCCCCCN1CCCCC1C1CCCCC1O. The summed E-state index contributed by atoms with van der Waals surface area (Å²) in [5.41, 5.74) is 0. The summed E-state index contributed by atoms with van der Waals surface area (Å²) in [6, 6.07) is 0.623. The Balaban J connectivity index is 1.84. The van der Waals surface area contributed by atoms with E-state index in [2.05, 4.69) is 4.90 Å². The van der Waals surface area contributed by atoms with Gasteiger partial charge in [-0.25, -0.2) is 0 Å². The molecule has 1 aliphatic heterocycles. The Morgan fingerprint density at radius 3 is 2.47 bits per heavy atom. The number of likely N-dealkylation sites (tertiary alicyclic amines) is 1. The number of rotatable bonds is 6. The molecule has 0 radical (unpaired) electrons. The highest BCUT2D eigenvalue weighted by molar-refractivity contribution is 4.88. The molecule has 1 saturated heterocycles. The van der Waals surface area contributed by atoms with Crippen LogP contribution in [0.25, 0.3) is 0 Å². The Labute approximate surface area is 118 Å². The predicted molar refractivity (Wildman–Crippen MR) is 78.1 cm³/mol. The van der Waals surface area contributed by atoms with Crippen molar-refractivity contribution in [3.05, 3.63) is 0 Å². The third-order valence-corrected chi connectivity index (χ3v) is 5.04. The van der Waals surface area contributed by atoms with Gasteiger partial charge >= 0.3 is 0 Å². The van der Waals surface area contributed by atoms with E-state index in [4.69, 9.17) is 5.11 Å². The van der Waals surface area contributed by atoms with Crippen LogP contribution in [0.1, 0.15) is 64.2 Å². The van der Waals surface area contributed by atoms with Crippen LogP contribution in [-0.4, -0.2) is 47.0 Å². The number of hydrogen-bond acceptors (Lipinski definition) is 3. The van der Waals surface area contributed by atoms with E-state index in [1.807, 2.05) is 0 Å². The molecule has 1 heterocycles. The van der Waals surface area contributed by atoms with Crippen LogP contribution in [0.15, 0.2) is 0 Å². The fourth-order valence-electron chi connectivity index (χ4n) is 3.97. The largest absolute Gasteiger partial charge is 0.396 e. The predicted octanol–water partition coefficient (Wildman–Crippen LogP) is 2.55. The Morgan fingerprint density at radius 2 is 1.68 bits per heavy atom. The zero-order valence-corrected chi connectivity index (χ0v) is 12.3. The highest BCUT2D eigenvalue weighted by Crippen LogP contribution is 2.34. The standard InChI is InChI=1S/C16H31NO2/c18-13-7-1-5-11-17-12-6-4-9-15(17)14-8-2-3-10-16(14)19/h14-16,18-19H,1-13H2. The molecule has 1 aliphatic carbocycles. The Bertz CT molecular complexity index is 247. The first-order valence-corrected chi connectivity index (χ1v) is 8.36. The van der Waals surface area contributed by atoms with Gasteiger partial charge in [-0.3, -0.25) is 0 Å². The average molecular weight is 269 g/mol. The normalized spacial score (nSPS) is 33.5. The molecule has 2 fully saturated rings. The van der Waals surface area contributed by atoms with Gasteiger partial charge in [0, 0.05) is 18.6 Å². The van der Waals surface area contributed by atoms with E-state index in [0.717, 1.165) is 25.8 Å². The lowest BCUT2D eigenvalue weighted by atomic mass is 9.78. The van der Waals surface area contributed by atoms with Gasteiger partial charge in [-0.15, -0.1) is 0 Å². The number of nitrogens with zero attached hydrogens (tertiary/aromatic N) is 1. The first-order chi connectivity index (χ1) is 9.33. The molecule has 0 bridgehead atoms. The maximum atomic E-state index is 10.3. The molecule has 0 spiro atoms. The fourth-order valence-corrected chi connectivity index (χ4v) is 3.97. The van der Waals surface area contributed by atoms with Gasteiger partial charge in [0.1, 0.15) is 0 Å². The quantitative estimate of drug-likeness (QED) is 0.728. The molecule has 3 heteroatoms. The molecular formula is C16H31NO2. The van der Waals surface area contributed by atoms with Crippen molar-refractivity contribution in [3.8, 4) is 0 Å². The maximum Gasteiger partial charge on any atom is 0.0583 e. The van der Waals surface area contributed by atoms with Gasteiger partial charge < -0.3 is 15.1 Å². The number of unbranched alkanes of at least 4 members (excludes halogenated alkanes) is 2. The molecular weight excluding hydrogens is 238 g/mol. The van der Waals surface area contributed by atoms with Crippen molar-refractivity contribution in [2.45, 2.75) is 76.4 Å². The number of aliphatic hydroxyl groups excluding tert-OH is 2. The van der Waals surface area contributed by atoms with Gasteiger partial charge in [0.15, 0.2) is 0 Å². The van der Waals surface area contributed by atoms with Gasteiger partial charge in [0.2, 0.25) is 0 Å². The second kappa shape index (κ2) is 8.23. The van der Waals surface area contributed by atoms with E-state index in [9.17, 15) is 5.11 Å². The highest BCUT2D eigenvalue weighted by Gasteiger charge is 2.35. The van der Waals surface area contributed by atoms with Crippen molar-refractivity contribution in [1.29, 1.82) is 0 Å². The second-order valence-electron chi connectivity index (χ2n) is 6.40. The van der Waals surface area contributed by atoms with Crippen LogP contribution in [0.2, 0.25) is 0 Å². The molecule has 3 unspecified atom stereocenters. The Morgan fingerprint density at radius 1 is 0.895 bits per heavy atom.